The first-order valence-electron chi connectivity index (χ1n) is 9.06. The van der Waals surface area contributed by atoms with Crippen LogP contribution in [-0.2, 0) is 17.9 Å². The summed E-state index contributed by atoms with van der Waals surface area (Å²) < 4.78 is 8.44. The number of benzene rings is 2. The maximum absolute atomic E-state index is 6.08. The van der Waals surface area contributed by atoms with E-state index < -0.39 is 0 Å². The molecule has 0 saturated heterocycles. The quantitative estimate of drug-likeness (QED) is 0.454. The molecule has 3 rings (SSSR count). The molecule has 0 N–H and O–H groups in total. The van der Waals surface area contributed by atoms with Crippen LogP contribution in [0.4, 0.5) is 0 Å². The molecule has 1 unspecified atom stereocenters. The van der Waals surface area contributed by atoms with Crippen LogP contribution >= 0.6 is 0 Å². The Labute approximate surface area is 145 Å². The molecule has 24 heavy (non-hydrogen) atoms. The van der Waals surface area contributed by atoms with E-state index >= 15 is 0 Å². The Balaban J connectivity index is 1.41. The number of rotatable bonds is 9. The summed E-state index contributed by atoms with van der Waals surface area (Å²) in [7, 11) is 0. The lowest BCUT2D eigenvalue weighted by Crippen LogP contribution is -2.12. The number of hydrogen-bond donors (Lipinski definition) is 0. The van der Waals surface area contributed by atoms with E-state index in [1.165, 1.54) is 29.3 Å². The van der Waals surface area contributed by atoms with Gasteiger partial charge in [-0.1, -0.05) is 55.5 Å². The van der Waals surface area contributed by atoms with Crippen molar-refractivity contribution in [2.24, 2.45) is 0 Å². The molecule has 126 valence electrons. The maximum Gasteiger partial charge on any atom is 0.0720 e. The molecular formula is C22H27NO. The van der Waals surface area contributed by atoms with Crippen molar-refractivity contribution in [2.45, 2.75) is 51.9 Å². The van der Waals surface area contributed by atoms with Crippen LogP contribution in [-0.4, -0.2) is 10.7 Å². The number of ether oxygens (including phenoxy) is 1. The van der Waals surface area contributed by atoms with Crippen LogP contribution in [0.25, 0.3) is 10.9 Å². The topological polar surface area (TPSA) is 14.2 Å². The van der Waals surface area contributed by atoms with Crippen molar-refractivity contribution in [2.75, 3.05) is 0 Å². The number of hydrogen-bond acceptors (Lipinski definition) is 1. The van der Waals surface area contributed by atoms with Crippen molar-refractivity contribution in [3.05, 3.63) is 72.4 Å². The van der Waals surface area contributed by atoms with Gasteiger partial charge in [0.2, 0.25) is 0 Å². The zero-order valence-electron chi connectivity index (χ0n) is 14.5. The number of nitrogens with zero attached hydrogens (tertiary/aromatic N) is 1. The molecule has 2 heteroatoms. The van der Waals surface area contributed by atoms with E-state index in [9.17, 15) is 0 Å². The second kappa shape index (κ2) is 8.70. The lowest BCUT2D eigenvalue weighted by atomic mass is 10.1. The fourth-order valence-electron chi connectivity index (χ4n) is 3.18. The first-order chi connectivity index (χ1) is 11.9. The van der Waals surface area contributed by atoms with Crippen molar-refractivity contribution in [3.8, 4) is 0 Å². The lowest BCUT2D eigenvalue weighted by Gasteiger charge is -2.16. The van der Waals surface area contributed by atoms with E-state index in [4.69, 9.17) is 4.74 Å². The minimum absolute atomic E-state index is 0.367. The molecule has 2 aromatic carbocycles. The van der Waals surface area contributed by atoms with Crippen LogP contribution in [0.15, 0.2) is 66.9 Å². The Kier molecular flexibility index (Phi) is 6.08. The summed E-state index contributed by atoms with van der Waals surface area (Å²) in [6.45, 7) is 4.03. The van der Waals surface area contributed by atoms with Gasteiger partial charge in [-0.15, -0.1) is 0 Å². The highest BCUT2D eigenvalue weighted by Crippen LogP contribution is 2.17. The highest BCUT2D eigenvalue weighted by molar-refractivity contribution is 5.79. The Bertz CT molecular complexity index is 732. The van der Waals surface area contributed by atoms with Gasteiger partial charge in [-0.2, -0.15) is 0 Å². The van der Waals surface area contributed by atoms with Crippen molar-refractivity contribution >= 4 is 10.9 Å². The molecule has 3 aromatic rings. The van der Waals surface area contributed by atoms with Crippen molar-refractivity contribution in [1.82, 2.24) is 4.57 Å². The van der Waals surface area contributed by atoms with Gasteiger partial charge >= 0.3 is 0 Å². The number of fused-ring (bicyclic) bond motifs is 1. The number of unbranched alkanes of at least 4 members (excludes halogenated alkanes) is 1. The largest absolute Gasteiger partial charge is 0.374 e. The molecule has 0 aliphatic heterocycles. The van der Waals surface area contributed by atoms with Crippen LogP contribution in [0.2, 0.25) is 0 Å². The molecule has 0 fully saturated rings. The van der Waals surface area contributed by atoms with E-state index in [0.29, 0.717) is 6.10 Å². The van der Waals surface area contributed by atoms with Gasteiger partial charge in [-0.05, 0) is 48.8 Å². The number of para-hydroxylation sites is 1. The van der Waals surface area contributed by atoms with Gasteiger partial charge < -0.3 is 9.30 Å². The van der Waals surface area contributed by atoms with E-state index in [1.54, 1.807) is 0 Å². The summed E-state index contributed by atoms with van der Waals surface area (Å²) in [6, 6.07) is 21.2. The molecule has 2 nitrogen and oxygen atoms in total. The minimum Gasteiger partial charge on any atom is -0.374 e. The fourth-order valence-corrected chi connectivity index (χ4v) is 3.18. The summed E-state index contributed by atoms with van der Waals surface area (Å²) in [5, 5.41) is 1.33. The smallest absolute Gasteiger partial charge is 0.0720 e. The Morgan fingerprint density at radius 3 is 2.54 bits per heavy atom. The van der Waals surface area contributed by atoms with Crippen LogP contribution in [0, 0.1) is 0 Å². The minimum atomic E-state index is 0.367. The third-order valence-electron chi connectivity index (χ3n) is 4.64. The molecule has 1 atom stereocenters. The van der Waals surface area contributed by atoms with Gasteiger partial charge in [0.05, 0.1) is 12.7 Å². The molecule has 0 saturated carbocycles. The van der Waals surface area contributed by atoms with Gasteiger partial charge in [0.25, 0.3) is 0 Å². The molecular weight excluding hydrogens is 294 g/mol. The van der Waals surface area contributed by atoms with E-state index in [1.807, 2.05) is 6.07 Å². The van der Waals surface area contributed by atoms with Crippen molar-refractivity contribution in [3.63, 3.8) is 0 Å². The zero-order valence-corrected chi connectivity index (χ0v) is 14.5. The number of aromatic nitrogens is 1. The van der Waals surface area contributed by atoms with E-state index in [0.717, 1.165) is 26.0 Å². The van der Waals surface area contributed by atoms with Crippen molar-refractivity contribution < 1.29 is 4.74 Å². The highest BCUT2D eigenvalue weighted by atomic mass is 16.5. The first-order valence-corrected chi connectivity index (χ1v) is 9.06. The van der Waals surface area contributed by atoms with Gasteiger partial charge in [0, 0.05) is 18.3 Å². The second-order valence-corrected chi connectivity index (χ2v) is 6.39. The average Bonchev–Trinajstić information content (AvgIpc) is 3.05. The lowest BCUT2D eigenvalue weighted by molar-refractivity contribution is 0.0309. The van der Waals surface area contributed by atoms with Gasteiger partial charge in [0.15, 0.2) is 0 Å². The van der Waals surface area contributed by atoms with E-state index in [2.05, 4.69) is 72.3 Å². The molecule has 1 heterocycles. The van der Waals surface area contributed by atoms with Crippen molar-refractivity contribution in [1.29, 1.82) is 0 Å². The Morgan fingerprint density at radius 1 is 0.917 bits per heavy atom. The zero-order chi connectivity index (χ0) is 16.6. The standard InChI is InChI=1S/C22H27NO/c1-2-21(24-18-19-10-4-3-5-11-19)13-8-9-16-23-17-15-20-12-6-7-14-22(20)23/h3-7,10-12,14-15,17,21H,2,8-9,13,16,18H2,1H3. The monoisotopic (exact) mass is 321 g/mol. The summed E-state index contributed by atoms with van der Waals surface area (Å²) in [5.74, 6) is 0. The third-order valence-corrected chi connectivity index (χ3v) is 4.64. The molecule has 1 aromatic heterocycles. The third kappa shape index (κ3) is 4.48. The Hall–Kier alpha value is -2.06. The average molecular weight is 321 g/mol. The van der Waals surface area contributed by atoms with Gasteiger partial charge in [-0.25, -0.2) is 0 Å². The normalized spacial score (nSPS) is 12.5. The SMILES string of the molecule is CCC(CCCCn1ccc2ccccc21)OCc1ccccc1. The summed E-state index contributed by atoms with van der Waals surface area (Å²) >= 11 is 0. The van der Waals surface area contributed by atoms with E-state index in [-0.39, 0.29) is 0 Å². The van der Waals surface area contributed by atoms with Gasteiger partial charge in [-0.3, -0.25) is 0 Å². The molecule has 0 radical (unpaired) electrons. The van der Waals surface area contributed by atoms with Crippen LogP contribution in [0.1, 0.15) is 38.2 Å². The van der Waals surface area contributed by atoms with Crippen LogP contribution in [0.3, 0.4) is 0 Å². The Morgan fingerprint density at radius 2 is 1.71 bits per heavy atom. The molecule has 0 aliphatic rings. The summed E-state index contributed by atoms with van der Waals surface area (Å²) in [6.07, 6.45) is 7.20. The van der Waals surface area contributed by atoms with Crippen LogP contribution < -0.4 is 0 Å². The molecule has 0 aliphatic carbocycles. The maximum atomic E-state index is 6.08. The highest BCUT2D eigenvalue weighted by Gasteiger charge is 2.07. The molecule has 0 spiro atoms. The molecule has 0 bridgehead atoms. The predicted molar refractivity (Wildman–Crippen MR) is 101 cm³/mol. The number of aryl methyl sites for hydroxylation is 1. The molecule has 0 amide bonds. The summed E-state index contributed by atoms with van der Waals surface area (Å²) in [5.41, 5.74) is 2.60. The van der Waals surface area contributed by atoms with Gasteiger partial charge in [0.1, 0.15) is 0 Å². The van der Waals surface area contributed by atoms with Crippen LogP contribution in [0.5, 0.6) is 0 Å². The fraction of sp³-hybridized carbons (Fsp3) is 0.364. The predicted octanol–water partition coefficient (Wildman–Crippen LogP) is 5.81. The summed E-state index contributed by atoms with van der Waals surface area (Å²) in [4.78, 5) is 0. The first kappa shape index (κ1) is 16.8. The second-order valence-electron chi connectivity index (χ2n) is 6.39.